The zero-order valence-electron chi connectivity index (χ0n) is 13.1. The van der Waals surface area contributed by atoms with E-state index in [1.165, 1.54) is 23.3 Å². The molecule has 9 nitrogen and oxygen atoms in total. The predicted octanol–water partition coefficient (Wildman–Crippen LogP) is 2.17. The number of hydrogen-bond acceptors (Lipinski definition) is 5. The molecular weight excluding hydrogens is 383 g/mol. The Bertz CT molecular complexity index is 948. The van der Waals surface area contributed by atoms with Gasteiger partial charge in [0, 0.05) is 21.8 Å². The van der Waals surface area contributed by atoms with Gasteiger partial charge in [0.25, 0.3) is 5.91 Å². The van der Waals surface area contributed by atoms with Gasteiger partial charge in [-0.25, -0.2) is 9.67 Å². The highest BCUT2D eigenvalue weighted by Crippen LogP contribution is 2.24. The quantitative estimate of drug-likeness (QED) is 0.661. The number of carboxylic acids is 1. The van der Waals surface area contributed by atoms with E-state index in [9.17, 15) is 9.59 Å². The molecule has 134 valence electrons. The number of rotatable bonds is 6. The monoisotopic (exact) mass is 394 g/mol. The fraction of sp³-hybridized carbons (Fsp3) is 0.133. The molecule has 2 N–H and O–H groups in total. The van der Waals surface area contributed by atoms with Gasteiger partial charge in [-0.3, -0.25) is 19.6 Å². The molecule has 0 fully saturated rings. The standard InChI is InChI=1S/C15H12Cl2N6O3/c16-10-2-1-3-11(17)9(10)6-23-8-18-15(21-23)19-14(26)12-4-5-22(20-12)7-13(24)25/h1-5,8H,6-7H2,(H,24,25)(H,19,21,26). The summed E-state index contributed by atoms with van der Waals surface area (Å²) in [4.78, 5) is 26.8. The average Bonchev–Trinajstić information content (AvgIpc) is 3.20. The van der Waals surface area contributed by atoms with Crippen molar-refractivity contribution in [1.29, 1.82) is 0 Å². The largest absolute Gasteiger partial charge is 0.480 e. The molecule has 0 saturated carbocycles. The normalized spacial score (nSPS) is 10.7. The van der Waals surface area contributed by atoms with Gasteiger partial charge in [0.2, 0.25) is 5.95 Å². The lowest BCUT2D eigenvalue weighted by Crippen LogP contribution is -2.16. The Balaban J connectivity index is 1.67. The molecule has 1 amide bonds. The van der Waals surface area contributed by atoms with E-state index < -0.39 is 11.9 Å². The average molecular weight is 395 g/mol. The minimum absolute atomic E-state index is 0.0525. The molecule has 0 unspecified atom stereocenters. The van der Waals surface area contributed by atoms with Crippen molar-refractivity contribution in [1.82, 2.24) is 24.5 Å². The number of anilines is 1. The summed E-state index contributed by atoms with van der Waals surface area (Å²) in [5, 5.41) is 20.2. The first-order chi connectivity index (χ1) is 12.4. The van der Waals surface area contributed by atoms with Gasteiger partial charge < -0.3 is 5.11 Å². The highest BCUT2D eigenvalue weighted by atomic mass is 35.5. The molecule has 0 spiro atoms. The van der Waals surface area contributed by atoms with Gasteiger partial charge in [-0.15, -0.1) is 5.10 Å². The van der Waals surface area contributed by atoms with Crippen LogP contribution in [-0.4, -0.2) is 41.5 Å². The summed E-state index contributed by atoms with van der Waals surface area (Å²) in [6, 6.07) is 6.58. The number of carbonyl (C=O) groups excluding carboxylic acids is 1. The molecule has 26 heavy (non-hydrogen) atoms. The van der Waals surface area contributed by atoms with Crippen LogP contribution in [0.5, 0.6) is 0 Å². The maximum Gasteiger partial charge on any atom is 0.325 e. The molecule has 3 aromatic rings. The summed E-state index contributed by atoms with van der Waals surface area (Å²) in [5.74, 6) is -1.53. The molecule has 2 aromatic heterocycles. The SMILES string of the molecule is O=C(O)Cn1ccc(C(=O)Nc2ncn(Cc3c(Cl)cccc3Cl)n2)n1. The molecule has 11 heteroatoms. The number of nitrogens with zero attached hydrogens (tertiary/aromatic N) is 5. The zero-order valence-corrected chi connectivity index (χ0v) is 14.6. The lowest BCUT2D eigenvalue weighted by atomic mass is 10.2. The molecule has 0 aliphatic carbocycles. The Labute approximate surface area is 157 Å². The van der Waals surface area contributed by atoms with Gasteiger partial charge in [0.15, 0.2) is 5.69 Å². The Hall–Kier alpha value is -2.91. The number of benzene rings is 1. The summed E-state index contributed by atoms with van der Waals surface area (Å²) < 4.78 is 2.62. The number of carbonyl (C=O) groups is 2. The van der Waals surface area contributed by atoms with E-state index in [1.54, 1.807) is 18.2 Å². The second-order valence-corrected chi connectivity index (χ2v) is 6.03. The van der Waals surface area contributed by atoms with Gasteiger partial charge in [-0.2, -0.15) is 5.10 Å². The molecule has 0 aliphatic rings. The molecule has 0 bridgehead atoms. The Morgan fingerprint density at radius 3 is 2.54 bits per heavy atom. The van der Waals surface area contributed by atoms with Gasteiger partial charge >= 0.3 is 5.97 Å². The van der Waals surface area contributed by atoms with Gasteiger partial charge in [-0.05, 0) is 18.2 Å². The van der Waals surface area contributed by atoms with E-state index in [4.69, 9.17) is 28.3 Å². The number of carboxylic acid groups (broad SMARTS) is 1. The highest BCUT2D eigenvalue weighted by molar-refractivity contribution is 6.35. The maximum absolute atomic E-state index is 12.1. The smallest absolute Gasteiger partial charge is 0.325 e. The third-order valence-electron chi connectivity index (χ3n) is 3.31. The van der Waals surface area contributed by atoms with Crippen LogP contribution in [0.3, 0.4) is 0 Å². The molecule has 1 aromatic carbocycles. The molecule has 0 atom stereocenters. The number of nitrogens with one attached hydrogen (secondary N) is 1. The third kappa shape index (κ3) is 4.19. The number of aliphatic carboxylic acids is 1. The zero-order chi connectivity index (χ0) is 18.7. The molecule has 2 heterocycles. The van der Waals surface area contributed by atoms with Crippen molar-refractivity contribution in [2.24, 2.45) is 0 Å². The first-order valence-corrected chi connectivity index (χ1v) is 8.07. The lowest BCUT2D eigenvalue weighted by molar-refractivity contribution is -0.137. The summed E-state index contributed by atoms with van der Waals surface area (Å²) in [6.07, 6.45) is 2.83. The molecule has 0 saturated heterocycles. The maximum atomic E-state index is 12.1. The fourth-order valence-electron chi connectivity index (χ4n) is 2.15. The predicted molar refractivity (Wildman–Crippen MR) is 93.4 cm³/mol. The van der Waals surface area contributed by atoms with Crippen LogP contribution in [0.1, 0.15) is 16.1 Å². The van der Waals surface area contributed by atoms with Crippen LogP contribution >= 0.6 is 23.2 Å². The van der Waals surface area contributed by atoms with Gasteiger partial charge in [-0.1, -0.05) is 29.3 Å². The van der Waals surface area contributed by atoms with Crippen LogP contribution in [0.25, 0.3) is 0 Å². The highest BCUT2D eigenvalue weighted by Gasteiger charge is 2.14. The van der Waals surface area contributed by atoms with Crippen LogP contribution in [0.4, 0.5) is 5.95 Å². The summed E-state index contributed by atoms with van der Waals surface area (Å²) in [5.41, 5.74) is 0.739. The lowest BCUT2D eigenvalue weighted by Gasteiger charge is -2.06. The van der Waals surface area contributed by atoms with Crippen LogP contribution < -0.4 is 5.32 Å². The van der Waals surface area contributed by atoms with Gasteiger partial charge in [0.05, 0.1) is 6.54 Å². The van der Waals surface area contributed by atoms with Crippen molar-refractivity contribution in [3.05, 3.63) is 58.1 Å². The molecular formula is C15H12Cl2N6O3. The van der Waals surface area contributed by atoms with Crippen molar-refractivity contribution in [3.8, 4) is 0 Å². The number of hydrogen-bond donors (Lipinski definition) is 2. The molecule has 0 aliphatic heterocycles. The minimum Gasteiger partial charge on any atom is -0.480 e. The number of aromatic nitrogens is 5. The van der Waals surface area contributed by atoms with Crippen molar-refractivity contribution >= 4 is 41.0 Å². The van der Waals surface area contributed by atoms with Crippen molar-refractivity contribution < 1.29 is 14.7 Å². The van der Waals surface area contributed by atoms with E-state index in [2.05, 4.69) is 20.5 Å². The van der Waals surface area contributed by atoms with Crippen molar-refractivity contribution in [2.75, 3.05) is 5.32 Å². The minimum atomic E-state index is -1.06. The Kier molecular flexibility index (Phi) is 5.19. The van der Waals surface area contributed by atoms with E-state index in [0.29, 0.717) is 15.6 Å². The van der Waals surface area contributed by atoms with E-state index in [-0.39, 0.29) is 24.7 Å². The van der Waals surface area contributed by atoms with Gasteiger partial charge in [0.1, 0.15) is 12.9 Å². The summed E-state index contributed by atoms with van der Waals surface area (Å²) >= 11 is 12.2. The van der Waals surface area contributed by atoms with Crippen LogP contribution in [0.15, 0.2) is 36.8 Å². The van der Waals surface area contributed by atoms with Crippen LogP contribution in [0.2, 0.25) is 10.0 Å². The Morgan fingerprint density at radius 2 is 1.85 bits per heavy atom. The van der Waals surface area contributed by atoms with Crippen molar-refractivity contribution in [3.63, 3.8) is 0 Å². The van der Waals surface area contributed by atoms with Crippen LogP contribution in [-0.2, 0) is 17.9 Å². The van der Waals surface area contributed by atoms with E-state index in [0.717, 1.165) is 4.68 Å². The Morgan fingerprint density at radius 1 is 1.12 bits per heavy atom. The second kappa shape index (κ2) is 7.54. The van der Waals surface area contributed by atoms with Crippen molar-refractivity contribution in [2.45, 2.75) is 13.1 Å². The first kappa shape index (κ1) is 17.9. The van der Waals surface area contributed by atoms with E-state index >= 15 is 0 Å². The third-order valence-corrected chi connectivity index (χ3v) is 4.02. The second-order valence-electron chi connectivity index (χ2n) is 5.21. The number of amides is 1. The van der Waals surface area contributed by atoms with E-state index in [1.807, 2.05) is 0 Å². The molecule has 3 rings (SSSR count). The summed E-state index contributed by atoms with van der Waals surface area (Å²) in [7, 11) is 0. The fourth-order valence-corrected chi connectivity index (χ4v) is 2.67. The number of halogens is 2. The first-order valence-electron chi connectivity index (χ1n) is 7.31. The molecule has 0 radical (unpaired) electrons. The van der Waals surface area contributed by atoms with Crippen LogP contribution in [0, 0.1) is 0 Å². The topological polar surface area (TPSA) is 115 Å². The summed E-state index contributed by atoms with van der Waals surface area (Å²) in [6.45, 7) is -0.0482.